The zero-order valence-corrected chi connectivity index (χ0v) is 8.82. The van der Waals surface area contributed by atoms with E-state index in [4.69, 9.17) is 10.5 Å². The summed E-state index contributed by atoms with van der Waals surface area (Å²) in [5, 5.41) is 0. The Morgan fingerprint density at radius 1 is 1.50 bits per heavy atom. The van der Waals surface area contributed by atoms with Gasteiger partial charge in [-0.1, -0.05) is 13.8 Å². The average Bonchev–Trinajstić information content (AvgIpc) is 2.66. The van der Waals surface area contributed by atoms with Gasteiger partial charge in [0.25, 0.3) is 0 Å². The molecule has 0 radical (unpaired) electrons. The Bertz CT molecular complexity index is 349. The van der Waals surface area contributed by atoms with Gasteiger partial charge in [0.1, 0.15) is 5.75 Å². The van der Waals surface area contributed by atoms with Crippen molar-refractivity contribution in [1.29, 1.82) is 0 Å². The van der Waals surface area contributed by atoms with Crippen LogP contribution in [-0.2, 0) is 0 Å². The highest BCUT2D eigenvalue weighted by Crippen LogP contribution is 2.56. The number of rotatable bonds is 2. The number of nitrogens with two attached hydrogens (primary N) is 1. The molecule has 0 bridgehead atoms. The molecule has 14 heavy (non-hydrogen) atoms. The van der Waals surface area contributed by atoms with Crippen molar-refractivity contribution in [3.63, 3.8) is 0 Å². The standard InChI is InChI=1S/C11H16N2O/c1-11(2)9(10(11)12)8-6-7(14-3)4-5-13-8/h4-6,9-10H,12H2,1-3H3. The molecule has 76 valence electrons. The van der Waals surface area contributed by atoms with E-state index in [9.17, 15) is 0 Å². The van der Waals surface area contributed by atoms with Crippen molar-refractivity contribution in [3.8, 4) is 5.75 Å². The summed E-state index contributed by atoms with van der Waals surface area (Å²) in [6, 6.07) is 4.05. The first-order chi connectivity index (χ1) is 6.57. The van der Waals surface area contributed by atoms with E-state index in [2.05, 4.69) is 18.8 Å². The third-order valence-corrected chi connectivity index (χ3v) is 3.22. The Kier molecular flexibility index (Phi) is 2.00. The van der Waals surface area contributed by atoms with E-state index in [1.165, 1.54) is 0 Å². The van der Waals surface area contributed by atoms with E-state index in [1.807, 2.05) is 12.1 Å². The molecule has 0 amide bonds. The predicted octanol–water partition coefficient (Wildman–Crippen LogP) is 1.54. The Labute approximate surface area is 84.3 Å². The first-order valence-electron chi connectivity index (χ1n) is 4.83. The van der Waals surface area contributed by atoms with Crippen molar-refractivity contribution >= 4 is 0 Å². The van der Waals surface area contributed by atoms with E-state index in [1.54, 1.807) is 13.3 Å². The minimum atomic E-state index is 0.180. The van der Waals surface area contributed by atoms with Crippen molar-refractivity contribution in [2.24, 2.45) is 11.1 Å². The summed E-state index contributed by atoms with van der Waals surface area (Å²) < 4.78 is 5.16. The second-order valence-corrected chi connectivity index (χ2v) is 4.45. The number of methoxy groups -OCH3 is 1. The number of ether oxygens (including phenoxy) is 1. The third kappa shape index (κ3) is 1.28. The topological polar surface area (TPSA) is 48.1 Å². The smallest absolute Gasteiger partial charge is 0.122 e. The fraction of sp³-hybridized carbons (Fsp3) is 0.545. The fourth-order valence-electron chi connectivity index (χ4n) is 1.97. The summed E-state index contributed by atoms with van der Waals surface area (Å²) in [6.45, 7) is 4.34. The first kappa shape index (κ1) is 9.46. The van der Waals surface area contributed by atoms with Crippen molar-refractivity contribution in [2.75, 3.05) is 7.11 Å². The zero-order chi connectivity index (χ0) is 10.3. The number of pyridine rings is 1. The van der Waals surface area contributed by atoms with E-state index in [0.717, 1.165) is 11.4 Å². The van der Waals surface area contributed by atoms with E-state index >= 15 is 0 Å². The number of hydrogen-bond donors (Lipinski definition) is 1. The molecule has 1 saturated carbocycles. The summed E-state index contributed by atoms with van der Waals surface area (Å²) in [6.07, 6.45) is 1.77. The molecule has 0 saturated heterocycles. The molecule has 2 atom stereocenters. The molecule has 0 aromatic carbocycles. The van der Waals surface area contributed by atoms with Crippen LogP contribution in [0.25, 0.3) is 0 Å². The van der Waals surface area contributed by atoms with Gasteiger partial charge in [0.2, 0.25) is 0 Å². The summed E-state index contributed by atoms with van der Waals surface area (Å²) in [7, 11) is 1.66. The highest BCUT2D eigenvalue weighted by atomic mass is 16.5. The molecule has 3 heteroatoms. The van der Waals surface area contributed by atoms with Gasteiger partial charge in [0.15, 0.2) is 0 Å². The van der Waals surface area contributed by atoms with Crippen LogP contribution < -0.4 is 10.5 Å². The highest BCUT2D eigenvalue weighted by molar-refractivity contribution is 5.33. The number of nitrogens with zero attached hydrogens (tertiary/aromatic N) is 1. The van der Waals surface area contributed by atoms with Crippen LogP contribution >= 0.6 is 0 Å². The quantitative estimate of drug-likeness (QED) is 0.773. The van der Waals surface area contributed by atoms with Gasteiger partial charge in [0, 0.05) is 29.9 Å². The maximum absolute atomic E-state index is 5.99. The van der Waals surface area contributed by atoms with Crippen LogP contribution in [0.1, 0.15) is 25.5 Å². The van der Waals surface area contributed by atoms with Crippen LogP contribution in [0.4, 0.5) is 0 Å². The first-order valence-corrected chi connectivity index (χ1v) is 4.83. The molecule has 1 aromatic heterocycles. The molecule has 1 fully saturated rings. The molecular formula is C11H16N2O. The van der Waals surface area contributed by atoms with Gasteiger partial charge in [-0.2, -0.15) is 0 Å². The fourth-order valence-corrected chi connectivity index (χ4v) is 1.97. The second kappa shape index (κ2) is 2.95. The molecule has 1 aromatic rings. The molecule has 2 N–H and O–H groups in total. The number of hydrogen-bond acceptors (Lipinski definition) is 3. The lowest BCUT2D eigenvalue weighted by molar-refractivity contribution is 0.413. The average molecular weight is 192 g/mol. The number of aromatic nitrogens is 1. The van der Waals surface area contributed by atoms with Crippen LogP contribution in [0.15, 0.2) is 18.3 Å². The van der Waals surface area contributed by atoms with Crippen LogP contribution in [0.5, 0.6) is 5.75 Å². The highest BCUT2D eigenvalue weighted by Gasteiger charge is 2.57. The summed E-state index contributed by atoms with van der Waals surface area (Å²) in [5.41, 5.74) is 7.21. The van der Waals surface area contributed by atoms with E-state index < -0.39 is 0 Å². The summed E-state index contributed by atoms with van der Waals surface area (Å²) >= 11 is 0. The lowest BCUT2D eigenvalue weighted by atomic mass is 10.1. The van der Waals surface area contributed by atoms with E-state index in [0.29, 0.717) is 5.92 Å². The summed E-state index contributed by atoms with van der Waals surface area (Å²) in [4.78, 5) is 4.34. The van der Waals surface area contributed by atoms with Crippen LogP contribution in [-0.4, -0.2) is 18.1 Å². The normalized spacial score (nSPS) is 28.6. The molecule has 0 aliphatic heterocycles. The minimum Gasteiger partial charge on any atom is -0.497 e. The van der Waals surface area contributed by atoms with Gasteiger partial charge in [0.05, 0.1) is 7.11 Å². The Morgan fingerprint density at radius 2 is 2.14 bits per heavy atom. The minimum absolute atomic E-state index is 0.180. The van der Waals surface area contributed by atoms with Crippen molar-refractivity contribution in [2.45, 2.75) is 25.8 Å². The maximum atomic E-state index is 5.99. The van der Waals surface area contributed by atoms with Crippen LogP contribution in [0, 0.1) is 5.41 Å². The molecule has 0 spiro atoms. The van der Waals surface area contributed by atoms with Gasteiger partial charge in [-0.15, -0.1) is 0 Å². The Hall–Kier alpha value is -1.09. The van der Waals surface area contributed by atoms with Gasteiger partial charge in [-0.25, -0.2) is 0 Å². The molecule has 1 heterocycles. The molecule has 3 nitrogen and oxygen atoms in total. The van der Waals surface area contributed by atoms with Gasteiger partial charge in [-0.3, -0.25) is 4.98 Å². The van der Waals surface area contributed by atoms with Crippen molar-refractivity contribution in [1.82, 2.24) is 4.98 Å². The van der Waals surface area contributed by atoms with Gasteiger partial charge >= 0.3 is 0 Å². The van der Waals surface area contributed by atoms with Crippen molar-refractivity contribution < 1.29 is 4.74 Å². The molecule has 2 unspecified atom stereocenters. The Balaban J connectivity index is 2.26. The lowest BCUT2D eigenvalue weighted by Crippen LogP contribution is -2.06. The SMILES string of the molecule is COc1ccnc(C2C(N)C2(C)C)c1. The summed E-state index contributed by atoms with van der Waals surface area (Å²) in [5.74, 6) is 1.22. The third-order valence-electron chi connectivity index (χ3n) is 3.22. The second-order valence-electron chi connectivity index (χ2n) is 4.45. The van der Waals surface area contributed by atoms with Crippen molar-refractivity contribution in [3.05, 3.63) is 24.0 Å². The monoisotopic (exact) mass is 192 g/mol. The largest absolute Gasteiger partial charge is 0.497 e. The van der Waals surface area contributed by atoms with E-state index in [-0.39, 0.29) is 11.5 Å². The maximum Gasteiger partial charge on any atom is 0.122 e. The van der Waals surface area contributed by atoms with Gasteiger partial charge in [-0.05, 0) is 11.5 Å². The van der Waals surface area contributed by atoms with Crippen LogP contribution in [0.2, 0.25) is 0 Å². The Morgan fingerprint density at radius 3 is 2.64 bits per heavy atom. The van der Waals surface area contributed by atoms with Crippen LogP contribution in [0.3, 0.4) is 0 Å². The lowest BCUT2D eigenvalue weighted by Gasteiger charge is -2.04. The zero-order valence-electron chi connectivity index (χ0n) is 8.82. The molecular weight excluding hydrogens is 176 g/mol. The molecule has 2 rings (SSSR count). The van der Waals surface area contributed by atoms with Gasteiger partial charge < -0.3 is 10.5 Å². The molecule has 1 aliphatic rings. The predicted molar refractivity (Wildman–Crippen MR) is 55.3 cm³/mol. The molecule has 1 aliphatic carbocycles.